The van der Waals surface area contributed by atoms with Crippen LogP contribution < -0.4 is 5.32 Å². The van der Waals surface area contributed by atoms with E-state index >= 15 is 0 Å². The molecule has 1 fully saturated rings. The highest BCUT2D eigenvalue weighted by Gasteiger charge is 2.28. The van der Waals surface area contributed by atoms with E-state index in [4.69, 9.17) is 4.74 Å². The number of rotatable bonds is 4. The number of hydrogen-bond acceptors (Lipinski definition) is 3. The second-order valence-electron chi connectivity index (χ2n) is 4.53. The number of nitrogens with one attached hydrogen (secondary N) is 2. The standard InChI is InChI=1S/C11H19N3O/c1-9-10(7-13-14-9)6-12-8-11(2)4-3-5-15-11/h7,12H,3-6,8H2,1-2H3,(H,13,14). The summed E-state index contributed by atoms with van der Waals surface area (Å²) in [6, 6.07) is 0. The van der Waals surface area contributed by atoms with E-state index in [9.17, 15) is 0 Å². The van der Waals surface area contributed by atoms with Crippen molar-refractivity contribution in [1.29, 1.82) is 0 Å². The average molecular weight is 209 g/mol. The quantitative estimate of drug-likeness (QED) is 0.787. The SMILES string of the molecule is Cc1[nH]ncc1CNCC1(C)CCCO1. The van der Waals surface area contributed by atoms with E-state index in [0.29, 0.717) is 0 Å². The van der Waals surface area contributed by atoms with Crippen molar-refractivity contribution in [3.8, 4) is 0 Å². The fourth-order valence-corrected chi connectivity index (χ4v) is 1.99. The zero-order valence-electron chi connectivity index (χ0n) is 9.47. The van der Waals surface area contributed by atoms with Gasteiger partial charge in [-0.2, -0.15) is 5.10 Å². The Morgan fingerprint density at radius 3 is 3.13 bits per heavy atom. The molecule has 0 spiro atoms. The monoisotopic (exact) mass is 209 g/mol. The molecule has 2 heterocycles. The molecule has 1 aliphatic rings. The number of aromatic amines is 1. The molecule has 0 aromatic carbocycles. The van der Waals surface area contributed by atoms with Crippen LogP contribution in [0.5, 0.6) is 0 Å². The van der Waals surface area contributed by atoms with Gasteiger partial charge in [0.25, 0.3) is 0 Å². The number of H-pyrrole nitrogens is 1. The minimum atomic E-state index is 0.0393. The first-order chi connectivity index (χ1) is 7.20. The van der Waals surface area contributed by atoms with Gasteiger partial charge < -0.3 is 10.1 Å². The molecule has 1 aliphatic heterocycles. The Hall–Kier alpha value is -0.870. The molecule has 1 aromatic heterocycles. The van der Waals surface area contributed by atoms with Crippen LogP contribution >= 0.6 is 0 Å². The second-order valence-corrected chi connectivity index (χ2v) is 4.53. The van der Waals surface area contributed by atoms with E-state index < -0.39 is 0 Å². The van der Waals surface area contributed by atoms with Gasteiger partial charge in [0.1, 0.15) is 0 Å². The van der Waals surface area contributed by atoms with Gasteiger partial charge >= 0.3 is 0 Å². The smallest absolute Gasteiger partial charge is 0.0779 e. The highest BCUT2D eigenvalue weighted by Crippen LogP contribution is 2.23. The maximum absolute atomic E-state index is 5.70. The van der Waals surface area contributed by atoms with Crippen molar-refractivity contribution in [2.24, 2.45) is 0 Å². The highest BCUT2D eigenvalue weighted by atomic mass is 16.5. The van der Waals surface area contributed by atoms with Crippen molar-refractivity contribution >= 4 is 0 Å². The third kappa shape index (κ3) is 2.58. The van der Waals surface area contributed by atoms with Crippen LogP contribution in [0.3, 0.4) is 0 Å². The molecule has 4 nitrogen and oxygen atoms in total. The number of hydrogen-bond donors (Lipinski definition) is 2. The molecule has 1 atom stereocenters. The topological polar surface area (TPSA) is 49.9 Å². The van der Waals surface area contributed by atoms with Crippen LogP contribution in [0.15, 0.2) is 6.20 Å². The number of aryl methyl sites for hydroxylation is 1. The van der Waals surface area contributed by atoms with Gasteiger partial charge in [0.2, 0.25) is 0 Å². The van der Waals surface area contributed by atoms with Crippen molar-refractivity contribution in [2.45, 2.75) is 38.8 Å². The summed E-state index contributed by atoms with van der Waals surface area (Å²) in [5.41, 5.74) is 2.41. The molecular weight excluding hydrogens is 190 g/mol. The first-order valence-corrected chi connectivity index (χ1v) is 5.53. The summed E-state index contributed by atoms with van der Waals surface area (Å²) in [5.74, 6) is 0. The normalized spacial score (nSPS) is 26.0. The van der Waals surface area contributed by atoms with E-state index in [2.05, 4.69) is 22.4 Å². The molecule has 1 aromatic rings. The number of nitrogens with zero attached hydrogens (tertiary/aromatic N) is 1. The van der Waals surface area contributed by atoms with Crippen molar-refractivity contribution in [2.75, 3.05) is 13.2 Å². The summed E-state index contributed by atoms with van der Waals surface area (Å²) in [6.07, 6.45) is 4.22. The summed E-state index contributed by atoms with van der Waals surface area (Å²) >= 11 is 0. The molecule has 1 saturated heterocycles. The molecule has 2 rings (SSSR count). The summed E-state index contributed by atoms with van der Waals surface area (Å²) in [7, 11) is 0. The van der Waals surface area contributed by atoms with Crippen LogP contribution in [-0.2, 0) is 11.3 Å². The van der Waals surface area contributed by atoms with Gasteiger partial charge in [-0.25, -0.2) is 0 Å². The Morgan fingerprint density at radius 1 is 1.67 bits per heavy atom. The molecule has 84 valence electrons. The van der Waals surface area contributed by atoms with Gasteiger partial charge in [-0.3, -0.25) is 5.10 Å². The van der Waals surface area contributed by atoms with Gasteiger partial charge in [0.15, 0.2) is 0 Å². The molecule has 0 saturated carbocycles. The zero-order valence-corrected chi connectivity index (χ0v) is 9.47. The predicted octanol–water partition coefficient (Wildman–Crippen LogP) is 1.38. The summed E-state index contributed by atoms with van der Waals surface area (Å²) in [4.78, 5) is 0. The van der Waals surface area contributed by atoms with E-state index in [1.807, 2.05) is 13.1 Å². The third-order valence-corrected chi connectivity index (χ3v) is 3.05. The summed E-state index contributed by atoms with van der Waals surface area (Å²) in [6.45, 7) is 6.90. The molecule has 2 N–H and O–H groups in total. The van der Waals surface area contributed by atoms with Crippen LogP contribution in [0, 0.1) is 6.92 Å². The Balaban J connectivity index is 1.77. The van der Waals surface area contributed by atoms with Crippen molar-refractivity contribution < 1.29 is 4.74 Å². The Morgan fingerprint density at radius 2 is 2.53 bits per heavy atom. The largest absolute Gasteiger partial charge is 0.374 e. The maximum atomic E-state index is 5.70. The van der Waals surface area contributed by atoms with Gasteiger partial charge in [0.05, 0.1) is 11.8 Å². The second kappa shape index (κ2) is 4.33. The average Bonchev–Trinajstić information content (AvgIpc) is 2.78. The molecule has 4 heteroatoms. The van der Waals surface area contributed by atoms with Gasteiger partial charge in [-0.15, -0.1) is 0 Å². The molecule has 0 amide bonds. The van der Waals surface area contributed by atoms with Crippen molar-refractivity contribution in [3.63, 3.8) is 0 Å². The third-order valence-electron chi connectivity index (χ3n) is 3.05. The number of ether oxygens (including phenoxy) is 1. The molecule has 0 aliphatic carbocycles. The molecule has 0 bridgehead atoms. The lowest BCUT2D eigenvalue weighted by atomic mass is 10.0. The summed E-state index contributed by atoms with van der Waals surface area (Å²) < 4.78 is 5.70. The van der Waals surface area contributed by atoms with E-state index in [0.717, 1.165) is 31.8 Å². The van der Waals surface area contributed by atoms with Gasteiger partial charge in [0, 0.05) is 31.0 Å². The first kappa shape index (κ1) is 10.6. The summed E-state index contributed by atoms with van der Waals surface area (Å²) in [5, 5.41) is 10.4. The highest BCUT2D eigenvalue weighted by molar-refractivity contribution is 5.13. The lowest BCUT2D eigenvalue weighted by Gasteiger charge is -2.23. The molecular formula is C11H19N3O. The Kier molecular flexibility index (Phi) is 3.07. The Labute approximate surface area is 90.4 Å². The van der Waals surface area contributed by atoms with Crippen LogP contribution in [0.25, 0.3) is 0 Å². The van der Waals surface area contributed by atoms with E-state index in [1.165, 1.54) is 12.0 Å². The lowest BCUT2D eigenvalue weighted by Crippen LogP contribution is -2.36. The maximum Gasteiger partial charge on any atom is 0.0779 e. The van der Waals surface area contributed by atoms with Crippen molar-refractivity contribution in [3.05, 3.63) is 17.5 Å². The van der Waals surface area contributed by atoms with E-state index in [-0.39, 0.29) is 5.60 Å². The lowest BCUT2D eigenvalue weighted by molar-refractivity contribution is 0.0206. The van der Waals surface area contributed by atoms with Crippen LogP contribution in [0.1, 0.15) is 31.0 Å². The molecule has 0 radical (unpaired) electrons. The van der Waals surface area contributed by atoms with Gasteiger partial charge in [-0.1, -0.05) is 0 Å². The minimum absolute atomic E-state index is 0.0393. The van der Waals surface area contributed by atoms with Crippen LogP contribution in [-0.4, -0.2) is 29.0 Å². The van der Waals surface area contributed by atoms with Gasteiger partial charge in [-0.05, 0) is 26.7 Å². The molecule has 15 heavy (non-hydrogen) atoms. The zero-order chi connectivity index (χ0) is 10.7. The first-order valence-electron chi connectivity index (χ1n) is 5.53. The molecule has 1 unspecified atom stereocenters. The van der Waals surface area contributed by atoms with Crippen molar-refractivity contribution in [1.82, 2.24) is 15.5 Å². The van der Waals surface area contributed by atoms with Crippen LogP contribution in [0.2, 0.25) is 0 Å². The van der Waals surface area contributed by atoms with E-state index in [1.54, 1.807) is 0 Å². The fourth-order valence-electron chi connectivity index (χ4n) is 1.99. The Bertz CT molecular complexity index is 315. The minimum Gasteiger partial charge on any atom is -0.374 e. The fraction of sp³-hybridized carbons (Fsp3) is 0.727. The number of aromatic nitrogens is 2. The van der Waals surface area contributed by atoms with Crippen LogP contribution in [0.4, 0.5) is 0 Å². The predicted molar refractivity (Wildman–Crippen MR) is 58.6 cm³/mol.